The molecule has 1 aliphatic heterocycles. The Morgan fingerprint density at radius 2 is 1.92 bits per heavy atom. The smallest absolute Gasteiger partial charge is 0.313 e. The second kappa shape index (κ2) is 7.05. The summed E-state index contributed by atoms with van der Waals surface area (Å²) in [5.41, 5.74) is 2.94. The largest absolute Gasteiger partial charge is 0.373 e. The zero-order valence-electron chi connectivity index (χ0n) is 13.9. The van der Waals surface area contributed by atoms with E-state index in [2.05, 4.69) is 10.2 Å². The first-order valence-electron chi connectivity index (χ1n) is 7.98. The molecule has 2 aromatic rings. The third kappa shape index (κ3) is 3.61. The van der Waals surface area contributed by atoms with Crippen LogP contribution in [-0.4, -0.2) is 36.9 Å². The van der Waals surface area contributed by atoms with Gasteiger partial charge in [-0.05, 0) is 29.8 Å². The lowest BCUT2D eigenvalue weighted by molar-refractivity contribution is -0.143. The van der Waals surface area contributed by atoms with Crippen molar-refractivity contribution in [2.45, 2.75) is 6.54 Å². The number of anilines is 2. The molecular weight excluding hydrogens is 316 g/mol. The Kier molecular flexibility index (Phi) is 4.66. The number of hydrogen-bond donors (Lipinski definition) is 1. The van der Waals surface area contributed by atoms with Gasteiger partial charge >= 0.3 is 11.8 Å². The highest BCUT2D eigenvalue weighted by Gasteiger charge is 2.25. The van der Waals surface area contributed by atoms with Crippen LogP contribution in [-0.2, 0) is 16.1 Å². The Hall–Kier alpha value is -3.33. The topological polar surface area (TPSA) is 76.4 Å². The average molecular weight is 334 g/mol. The van der Waals surface area contributed by atoms with Crippen molar-refractivity contribution in [3.05, 3.63) is 59.7 Å². The van der Waals surface area contributed by atoms with E-state index in [1.807, 2.05) is 37.4 Å². The number of nitrogens with one attached hydrogen (secondary N) is 1. The minimum atomic E-state index is -0.697. The molecule has 126 valence electrons. The van der Waals surface area contributed by atoms with Gasteiger partial charge in [0.05, 0.1) is 11.6 Å². The number of likely N-dealkylation sites (N-methyl/N-ethyl adjacent to an activating group) is 1. The van der Waals surface area contributed by atoms with Crippen LogP contribution >= 0.6 is 0 Å². The highest BCUT2D eigenvalue weighted by Crippen LogP contribution is 2.23. The summed E-state index contributed by atoms with van der Waals surface area (Å²) >= 11 is 0. The van der Waals surface area contributed by atoms with Crippen LogP contribution in [0.5, 0.6) is 0 Å². The number of rotatable bonds is 1. The molecule has 2 amide bonds. The molecule has 0 radical (unpaired) electrons. The third-order valence-corrected chi connectivity index (χ3v) is 4.20. The van der Waals surface area contributed by atoms with Crippen molar-refractivity contribution in [2.75, 3.05) is 30.4 Å². The third-order valence-electron chi connectivity index (χ3n) is 4.20. The lowest BCUT2D eigenvalue weighted by Gasteiger charge is -2.20. The van der Waals surface area contributed by atoms with E-state index in [0.717, 1.165) is 11.3 Å². The van der Waals surface area contributed by atoms with Crippen LogP contribution in [0.3, 0.4) is 0 Å². The number of fused-ring (bicyclic) bond motifs is 1. The Labute approximate surface area is 146 Å². The quantitative estimate of drug-likeness (QED) is 0.809. The Morgan fingerprint density at radius 1 is 1.12 bits per heavy atom. The summed E-state index contributed by atoms with van der Waals surface area (Å²) in [4.78, 5) is 28.5. The van der Waals surface area contributed by atoms with E-state index < -0.39 is 11.8 Å². The zero-order chi connectivity index (χ0) is 17.8. The fraction of sp³-hybridized carbons (Fsp3) is 0.211. The van der Waals surface area contributed by atoms with Crippen molar-refractivity contribution in [3.8, 4) is 6.07 Å². The molecule has 0 aliphatic carbocycles. The van der Waals surface area contributed by atoms with Crippen molar-refractivity contribution in [2.24, 2.45) is 0 Å². The normalized spacial score (nSPS) is 13.4. The predicted octanol–water partition coefficient (Wildman–Crippen LogP) is 1.98. The van der Waals surface area contributed by atoms with Crippen molar-refractivity contribution in [3.63, 3.8) is 0 Å². The minimum absolute atomic E-state index is 0.394. The van der Waals surface area contributed by atoms with Gasteiger partial charge in [-0.15, -0.1) is 0 Å². The van der Waals surface area contributed by atoms with E-state index in [1.54, 1.807) is 23.1 Å². The van der Waals surface area contributed by atoms with E-state index in [4.69, 9.17) is 5.26 Å². The summed E-state index contributed by atoms with van der Waals surface area (Å²) in [6.45, 7) is 1.51. The van der Waals surface area contributed by atoms with Gasteiger partial charge in [0.15, 0.2) is 0 Å². The van der Waals surface area contributed by atoms with Crippen LogP contribution in [0.2, 0.25) is 0 Å². The van der Waals surface area contributed by atoms with Crippen LogP contribution in [0, 0.1) is 11.3 Å². The van der Waals surface area contributed by atoms with Gasteiger partial charge in [-0.3, -0.25) is 9.59 Å². The fourth-order valence-electron chi connectivity index (χ4n) is 2.86. The molecule has 6 nitrogen and oxygen atoms in total. The molecule has 1 aliphatic rings. The van der Waals surface area contributed by atoms with Crippen LogP contribution in [0.15, 0.2) is 48.5 Å². The molecule has 0 saturated heterocycles. The number of carbonyl (C=O) groups excluding carboxylic acids is 2. The number of nitrogens with zero attached hydrogens (tertiary/aromatic N) is 3. The van der Waals surface area contributed by atoms with Gasteiger partial charge in [0.2, 0.25) is 0 Å². The van der Waals surface area contributed by atoms with Crippen LogP contribution in [0.25, 0.3) is 0 Å². The Bertz CT molecular complexity index is 856. The molecule has 0 atom stereocenters. The highest BCUT2D eigenvalue weighted by atomic mass is 16.2. The number of carbonyl (C=O) groups is 2. The molecule has 0 unspecified atom stereocenters. The maximum absolute atomic E-state index is 12.6. The van der Waals surface area contributed by atoms with E-state index in [0.29, 0.717) is 30.9 Å². The number of nitriles is 1. The lowest BCUT2D eigenvalue weighted by atomic mass is 10.1. The monoisotopic (exact) mass is 334 g/mol. The van der Waals surface area contributed by atoms with E-state index >= 15 is 0 Å². The Morgan fingerprint density at radius 3 is 2.72 bits per heavy atom. The van der Waals surface area contributed by atoms with Crippen LogP contribution < -0.4 is 10.2 Å². The molecule has 25 heavy (non-hydrogen) atoms. The molecule has 1 N–H and O–H groups in total. The van der Waals surface area contributed by atoms with Crippen molar-refractivity contribution in [1.29, 1.82) is 5.26 Å². The zero-order valence-corrected chi connectivity index (χ0v) is 13.9. The van der Waals surface area contributed by atoms with E-state index in [1.165, 1.54) is 6.07 Å². The number of amides is 2. The molecule has 2 aromatic carbocycles. The molecule has 0 fully saturated rings. The minimum Gasteiger partial charge on any atom is -0.373 e. The van der Waals surface area contributed by atoms with E-state index in [-0.39, 0.29) is 0 Å². The lowest BCUT2D eigenvalue weighted by Crippen LogP contribution is -2.41. The van der Waals surface area contributed by atoms with Gasteiger partial charge in [-0.1, -0.05) is 24.3 Å². The molecule has 6 heteroatoms. The van der Waals surface area contributed by atoms with Crippen LogP contribution in [0.1, 0.15) is 11.1 Å². The first-order valence-corrected chi connectivity index (χ1v) is 7.98. The summed E-state index contributed by atoms with van der Waals surface area (Å²) in [5, 5.41) is 11.5. The molecular formula is C19H18N4O2. The van der Waals surface area contributed by atoms with Crippen molar-refractivity contribution < 1.29 is 9.59 Å². The van der Waals surface area contributed by atoms with Gasteiger partial charge in [0.25, 0.3) is 0 Å². The van der Waals surface area contributed by atoms with Gasteiger partial charge < -0.3 is 15.1 Å². The second-order valence-corrected chi connectivity index (χ2v) is 5.92. The highest BCUT2D eigenvalue weighted by molar-refractivity contribution is 6.39. The molecule has 0 aromatic heterocycles. The standard InChI is InChI=1S/C19H18N4O2/c1-22-9-10-23(13-15-6-2-3-8-17(15)22)19(25)18(24)21-16-7-4-5-14(11-16)12-20/h2-8,11H,9-10,13H2,1H3,(H,21,24). The van der Waals surface area contributed by atoms with Crippen LogP contribution in [0.4, 0.5) is 11.4 Å². The molecule has 3 rings (SSSR count). The molecule has 0 bridgehead atoms. The molecule has 0 spiro atoms. The number of benzene rings is 2. The summed E-state index contributed by atoms with van der Waals surface area (Å²) in [6, 6.07) is 16.4. The second-order valence-electron chi connectivity index (χ2n) is 5.92. The first kappa shape index (κ1) is 16.5. The predicted molar refractivity (Wildman–Crippen MR) is 94.9 cm³/mol. The van der Waals surface area contributed by atoms with E-state index in [9.17, 15) is 9.59 Å². The first-order chi connectivity index (χ1) is 12.1. The molecule has 1 heterocycles. The summed E-state index contributed by atoms with van der Waals surface area (Å²) in [6.07, 6.45) is 0. The van der Waals surface area contributed by atoms with Gasteiger partial charge in [-0.25, -0.2) is 0 Å². The van der Waals surface area contributed by atoms with Gasteiger partial charge in [-0.2, -0.15) is 5.26 Å². The maximum atomic E-state index is 12.6. The summed E-state index contributed by atoms with van der Waals surface area (Å²) in [7, 11) is 1.97. The molecule has 0 saturated carbocycles. The summed E-state index contributed by atoms with van der Waals surface area (Å²) in [5.74, 6) is -1.27. The van der Waals surface area contributed by atoms with Crippen molar-refractivity contribution >= 4 is 23.2 Å². The average Bonchev–Trinajstić information content (AvgIpc) is 2.80. The summed E-state index contributed by atoms with van der Waals surface area (Å²) < 4.78 is 0. The SMILES string of the molecule is CN1CCN(C(=O)C(=O)Nc2cccc(C#N)c2)Cc2ccccc21. The fourth-order valence-corrected chi connectivity index (χ4v) is 2.86. The van der Waals surface area contributed by atoms with Gasteiger partial charge in [0.1, 0.15) is 0 Å². The van der Waals surface area contributed by atoms with Gasteiger partial charge in [0, 0.05) is 38.1 Å². The van der Waals surface area contributed by atoms with Crippen molar-refractivity contribution in [1.82, 2.24) is 4.90 Å². The maximum Gasteiger partial charge on any atom is 0.313 e. The Balaban J connectivity index is 1.74. The number of hydrogen-bond acceptors (Lipinski definition) is 4. The number of para-hydroxylation sites is 1.